The summed E-state index contributed by atoms with van der Waals surface area (Å²) in [4.78, 5) is 53.3. The van der Waals surface area contributed by atoms with Gasteiger partial charge in [0.25, 0.3) is 5.91 Å². The van der Waals surface area contributed by atoms with Crippen molar-refractivity contribution in [2.24, 2.45) is 13.0 Å². The first-order valence-electron chi connectivity index (χ1n) is 18.3. The van der Waals surface area contributed by atoms with E-state index >= 15 is 0 Å². The molecule has 15 heteroatoms. The molecule has 8 rings (SSSR count). The Hall–Kier alpha value is -5.08. The van der Waals surface area contributed by atoms with Gasteiger partial charge in [-0.15, -0.1) is 5.10 Å². The lowest BCUT2D eigenvalue weighted by Crippen LogP contribution is -2.44. The molecule has 1 unspecified atom stereocenters. The zero-order valence-electron chi connectivity index (χ0n) is 29.8. The molecule has 0 radical (unpaired) electrons. The number of imide groups is 1. The summed E-state index contributed by atoms with van der Waals surface area (Å²) in [5, 5.41) is 19.0. The Balaban J connectivity index is 0.880. The van der Waals surface area contributed by atoms with Crippen LogP contribution in [-0.4, -0.2) is 78.5 Å². The third-order valence-corrected chi connectivity index (χ3v) is 11.5. The molecule has 3 aliphatic rings. The molecule has 2 saturated heterocycles. The fourth-order valence-corrected chi connectivity index (χ4v) is 8.72. The van der Waals surface area contributed by atoms with E-state index in [1.165, 1.54) is 12.3 Å². The Kier molecular flexibility index (Phi) is 9.50. The summed E-state index contributed by atoms with van der Waals surface area (Å²) in [6, 6.07) is 10.8. The lowest BCUT2D eigenvalue weighted by molar-refractivity contribution is -0.135. The van der Waals surface area contributed by atoms with Gasteiger partial charge < -0.3 is 15.0 Å². The first-order chi connectivity index (χ1) is 25.7. The van der Waals surface area contributed by atoms with E-state index in [9.17, 15) is 19.2 Å². The van der Waals surface area contributed by atoms with Crippen LogP contribution in [0.15, 0.2) is 53.6 Å². The highest BCUT2D eigenvalue weighted by molar-refractivity contribution is 6.30. The van der Waals surface area contributed by atoms with Crippen molar-refractivity contribution >= 4 is 56.9 Å². The molecule has 0 bridgehead atoms. The van der Waals surface area contributed by atoms with Gasteiger partial charge >= 0.3 is 5.69 Å². The van der Waals surface area contributed by atoms with E-state index in [2.05, 4.69) is 42.7 Å². The SMILES string of the molecule is COc1cc2nn(C3CCC(CN4CCC(c5cccc6c5n(C)c(=O)n6C5CCC(=O)NC5=O)CC4)CC3)cc2cc1NC(=O)c1cc(Cl)cnn1. The summed E-state index contributed by atoms with van der Waals surface area (Å²) >= 11 is 5.99. The number of hydrogen-bond acceptors (Lipinski definition) is 9. The minimum absolute atomic E-state index is 0.112. The first-order valence-corrected chi connectivity index (χ1v) is 18.7. The van der Waals surface area contributed by atoms with Crippen molar-refractivity contribution in [2.45, 2.75) is 69.4 Å². The van der Waals surface area contributed by atoms with Crippen LogP contribution >= 0.6 is 11.6 Å². The molecule has 1 aliphatic carbocycles. The number of ether oxygens (including phenoxy) is 1. The fourth-order valence-electron chi connectivity index (χ4n) is 8.58. The number of amides is 3. The number of hydrogen-bond donors (Lipinski definition) is 2. The lowest BCUT2D eigenvalue weighted by Gasteiger charge is -2.37. The number of anilines is 1. The number of nitrogens with one attached hydrogen (secondary N) is 2. The lowest BCUT2D eigenvalue weighted by atomic mass is 9.84. The molecule has 2 aliphatic heterocycles. The van der Waals surface area contributed by atoms with Gasteiger partial charge in [-0.3, -0.25) is 33.5 Å². The van der Waals surface area contributed by atoms with Crippen molar-refractivity contribution in [1.29, 1.82) is 0 Å². The molecule has 3 aromatic heterocycles. The molecule has 3 fully saturated rings. The van der Waals surface area contributed by atoms with Crippen molar-refractivity contribution in [3.63, 3.8) is 0 Å². The smallest absolute Gasteiger partial charge is 0.329 e. The molecule has 0 spiro atoms. The van der Waals surface area contributed by atoms with E-state index in [0.29, 0.717) is 40.8 Å². The zero-order chi connectivity index (χ0) is 36.8. The molecule has 1 saturated carbocycles. The molecular formula is C38H42ClN9O5. The van der Waals surface area contributed by atoms with Crippen LogP contribution < -0.4 is 21.1 Å². The Labute approximate surface area is 310 Å². The van der Waals surface area contributed by atoms with Gasteiger partial charge in [-0.1, -0.05) is 23.7 Å². The molecule has 2 aromatic carbocycles. The second kappa shape index (κ2) is 14.4. The standard InChI is InChI=1S/C38H42ClN9O5/c1-45-35-27(4-3-5-31(35)48(38(45)52)32-10-11-34(49)42-37(32)51)23-12-14-46(15-13-23)20-22-6-8-26(9-7-22)47-21-24-16-29(33(53-2)18-28(24)44-47)41-36(50)30-17-25(39)19-40-43-30/h3-5,16-19,21-23,26,32H,6-15,20H2,1-2H3,(H,41,50)(H,42,49,51). The summed E-state index contributed by atoms with van der Waals surface area (Å²) in [5.74, 6) is 0.310. The number of carbonyl (C=O) groups excluding carboxylic acids is 3. The van der Waals surface area contributed by atoms with E-state index < -0.39 is 17.9 Å². The highest BCUT2D eigenvalue weighted by atomic mass is 35.5. The zero-order valence-corrected chi connectivity index (χ0v) is 30.5. The average Bonchev–Trinajstić information content (AvgIpc) is 3.69. The number of methoxy groups -OCH3 is 1. The Bertz CT molecular complexity index is 2280. The van der Waals surface area contributed by atoms with E-state index in [-0.39, 0.29) is 23.7 Å². The van der Waals surface area contributed by atoms with Gasteiger partial charge in [0, 0.05) is 37.7 Å². The second-order valence-electron chi connectivity index (χ2n) is 14.6. The summed E-state index contributed by atoms with van der Waals surface area (Å²) in [6.07, 6.45) is 10.3. The van der Waals surface area contributed by atoms with Crippen LogP contribution in [0.3, 0.4) is 0 Å². The number of piperidine rings is 2. The van der Waals surface area contributed by atoms with Gasteiger partial charge in [-0.05, 0) is 93.6 Å². The minimum atomic E-state index is -0.684. The van der Waals surface area contributed by atoms with Crippen molar-refractivity contribution < 1.29 is 19.1 Å². The van der Waals surface area contributed by atoms with E-state index in [0.717, 1.165) is 85.7 Å². The monoisotopic (exact) mass is 739 g/mol. The molecule has 14 nitrogen and oxygen atoms in total. The van der Waals surface area contributed by atoms with E-state index in [4.69, 9.17) is 21.4 Å². The van der Waals surface area contributed by atoms with Gasteiger partial charge in [0.05, 0.1) is 46.6 Å². The van der Waals surface area contributed by atoms with Crippen LogP contribution in [0.25, 0.3) is 21.9 Å². The van der Waals surface area contributed by atoms with Crippen LogP contribution in [0, 0.1) is 5.92 Å². The Morgan fingerprint density at radius 1 is 1.04 bits per heavy atom. The van der Waals surface area contributed by atoms with Crippen molar-refractivity contribution in [1.82, 2.24) is 39.3 Å². The number of para-hydroxylation sites is 1. The normalized spacial score (nSPS) is 21.6. The first kappa shape index (κ1) is 35.0. The van der Waals surface area contributed by atoms with Crippen LogP contribution in [0.5, 0.6) is 5.75 Å². The summed E-state index contributed by atoms with van der Waals surface area (Å²) < 4.78 is 10.9. The number of nitrogens with zero attached hydrogens (tertiary/aromatic N) is 7. The van der Waals surface area contributed by atoms with Gasteiger partial charge in [0.2, 0.25) is 11.8 Å². The van der Waals surface area contributed by atoms with Gasteiger partial charge in [0.1, 0.15) is 11.8 Å². The van der Waals surface area contributed by atoms with Crippen LogP contribution in [-0.2, 0) is 16.6 Å². The van der Waals surface area contributed by atoms with E-state index in [1.807, 2.05) is 24.3 Å². The maximum absolute atomic E-state index is 13.4. The van der Waals surface area contributed by atoms with E-state index in [1.54, 1.807) is 23.3 Å². The Morgan fingerprint density at radius 3 is 2.57 bits per heavy atom. The molecule has 276 valence electrons. The van der Waals surface area contributed by atoms with Gasteiger partial charge in [-0.2, -0.15) is 10.2 Å². The largest absolute Gasteiger partial charge is 0.494 e. The Morgan fingerprint density at radius 2 is 1.83 bits per heavy atom. The van der Waals surface area contributed by atoms with Crippen molar-refractivity contribution in [3.05, 3.63) is 75.6 Å². The molecule has 3 amide bonds. The topological polar surface area (TPSA) is 158 Å². The van der Waals surface area contributed by atoms with Crippen molar-refractivity contribution in [3.8, 4) is 5.75 Å². The number of imidazole rings is 1. The number of halogens is 1. The van der Waals surface area contributed by atoms with Gasteiger partial charge in [0.15, 0.2) is 5.69 Å². The quantitative estimate of drug-likeness (QED) is 0.209. The number of carbonyl (C=O) groups is 3. The summed E-state index contributed by atoms with van der Waals surface area (Å²) in [6.45, 7) is 3.07. The predicted octanol–water partition coefficient (Wildman–Crippen LogP) is 4.98. The van der Waals surface area contributed by atoms with Gasteiger partial charge in [-0.25, -0.2) is 4.79 Å². The number of benzene rings is 2. The number of likely N-dealkylation sites (tertiary alicyclic amines) is 1. The molecular weight excluding hydrogens is 698 g/mol. The highest BCUT2D eigenvalue weighted by Gasteiger charge is 2.33. The summed E-state index contributed by atoms with van der Waals surface area (Å²) in [5.41, 5.74) is 4.00. The fraction of sp³-hybridized carbons (Fsp3) is 0.447. The molecule has 2 N–H and O–H groups in total. The number of aromatic nitrogens is 6. The van der Waals surface area contributed by atoms with Crippen LogP contribution in [0.4, 0.5) is 5.69 Å². The average molecular weight is 740 g/mol. The summed E-state index contributed by atoms with van der Waals surface area (Å²) in [7, 11) is 3.34. The molecule has 53 heavy (non-hydrogen) atoms. The van der Waals surface area contributed by atoms with Crippen LogP contribution in [0.2, 0.25) is 5.02 Å². The molecule has 5 heterocycles. The highest BCUT2D eigenvalue weighted by Crippen LogP contribution is 2.38. The third-order valence-electron chi connectivity index (χ3n) is 11.3. The maximum Gasteiger partial charge on any atom is 0.329 e. The van der Waals surface area contributed by atoms with Crippen molar-refractivity contribution in [2.75, 3.05) is 32.1 Å². The number of rotatable bonds is 8. The third kappa shape index (κ3) is 6.81. The number of aryl methyl sites for hydroxylation is 1. The molecule has 5 aromatic rings. The predicted molar refractivity (Wildman–Crippen MR) is 199 cm³/mol. The maximum atomic E-state index is 13.4. The molecule has 1 atom stereocenters. The second-order valence-corrected chi connectivity index (χ2v) is 15.0. The minimum Gasteiger partial charge on any atom is -0.494 e. The van der Waals surface area contributed by atoms with Crippen LogP contribution in [0.1, 0.15) is 85.4 Å². The number of fused-ring (bicyclic) bond motifs is 2.